The van der Waals surface area contributed by atoms with E-state index in [1.54, 1.807) is 31.6 Å². The number of Topliss-reactive ketones (excluding diaryl/α,β-unsaturated/α-hetero) is 1. The Morgan fingerprint density at radius 3 is 2.79 bits per heavy atom. The van der Waals surface area contributed by atoms with Crippen molar-refractivity contribution in [3.8, 4) is 0 Å². The van der Waals surface area contributed by atoms with Crippen molar-refractivity contribution in [2.75, 3.05) is 6.54 Å². The number of ketones is 1. The predicted molar refractivity (Wildman–Crippen MR) is 106 cm³/mol. The molecule has 4 rings (SSSR count). The Hall–Kier alpha value is -3.20. The van der Waals surface area contributed by atoms with Crippen molar-refractivity contribution in [3.63, 3.8) is 0 Å². The highest BCUT2D eigenvalue weighted by molar-refractivity contribution is 7.14. The number of carbonyl (C=O) groups is 2. The number of thiazole rings is 1. The Labute approximate surface area is 171 Å². The summed E-state index contributed by atoms with van der Waals surface area (Å²) >= 11 is 1.25. The maximum absolute atomic E-state index is 13.3. The van der Waals surface area contributed by atoms with E-state index in [2.05, 4.69) is 9.97 Å². The molecule has 0 spiro atoms. The second-order valence-corrected chi connectivity index (χ2v) is 8.01. The second-order valence-electron chi connectivity index (χ2n) is 6.81. The molecule has 0 bridgehead atoms. The van der Waals surface area contributed by atoms with E-state index in [1.165, 1.54) is 22.5 Å². The summed E-state index contributed by atoms with van der Waals surface area (Å²) < 4.78 is 7.44. The van der Waals surface area contributed by atoms with Gasteiger partial charge in [-0.3, -0.25) is 9.59 Å². The molecule has 0 aromatic carbocycles. The summed E-state index contributed by atoms with van der Waals surface area (Å²) in [5, 5.41) is 11.4. The van der Waals surface area contributed by atoms with Crippen LogP contribution in [0.5, 0.6) is 0 Å². The van der Waals surface area contributed by atoms with Gasteiger partial charge in [0, 0.05) is 25.5 Å². The molecule has 0 unspecified atom stereocenters. The van der Waals surface area contributed by atoms with Gasteiger partial charge in [-0.2, -0.15) is 0 Å². The molecule has 1 N–H and O–H groups in total. The fraction of sp³-hybridized carbons (Fsp3) is 0.300. The lowest BCUT2D eigenvalue weighted by atomic mass is 9.99. The molecule has 0 radical (unpaired) electrons. The van der Waals surface area contributed by atoms with Gasteiger partial charge in [0.1, 0.15) is 11.8 Å². The number of aryl methyl sites for hydroxylation is 3. The largest absolute Gasteiger partial charge is 0.503 e. The summed E-state index contributed by atoms with van der Waals surface area (Å²) in [5.41, 5.74) is 0.626. The van der Waals surface area contributed by atoms with Gasteiger partial charge < -0.3 is 19.0 Å². The van der Waals surface area contributed by atoms with Crippen LogP contribution in [0.2, 0.25) is 0 Å². The molecule has 8 nitrogen and oxygen atoms in total. The van der Waals surface area contributed by atoms with Gasteiger partial charge in [-0.05, 0) is 32.4 Å². The Morgan fingerprint density at radius 1 is 1.34 bits per heavy atom. The van der Waals surface area contributed by atoms with Crippen LogP contribution < -0.4 is 0 Å². The van der Waals surface area contributed by atoms with Crippen LogP contribution >= 0.6 is 11.3 Å². The monoisotopic (exact) mass is 412 g/mol. The van der Waals surface area contributed by atoms with Crippen LogP contribution in [0, 0.1) is 13.8 Å². The molecule has 0 saturated carbocycles. The number of aliphatic hydroxyl groups excluding tert-OH is 1. The summed E-state index contributed by atoms with van der Waals surface area (Å²) in [4.78, 5) is 36.3. The van der Waals surface area contributed by atoms with Crippen molar-refractivity contribution >= 4 is 23.0 Å². The van der Waals surface area contributed by atoms with E-state index < -0.39 is 23.5 Å². The quantitative estimate of drug-likeness (QED) is 0.598. The van der Waals surface area contributed by atoms with Crippen LogP contribution in [0.1, 0.15) is 38.6 Å². The first-order valence-electron chi connectivity index (χ1n) is 9.19. The molecule has 3 aromatic heterocycles. The number of aromatic nitrogens is 3. The SMILES string of the molecule is Cc1nc(C)c(C(=O)C2=C(O)C(=O)N(CCCn3ccnc3)[C@@H]2c2ccco2)s1. The second kappa shape index (κ2) is 7.67. The van der Waals surface area contributed by atoms with E-state index in [1.807, 2.05) is 17.7 Å². The zero-order valence-electron chi connectivity index (χ0n) is 16.0. The topological polar surface area (TPSA) is 101 Å². The zero-order valence-corrected chi connectivity index (χ0v) is 16.8. The third-order valence-electron chi connectivity index (χ3n) is 4.85. The molecular weight excluding hydrogens is 392 g/mol. The van der Waals surface area contributed by atoms with Gasteiger partial charge in [-0.25, -0.2) is 9.97 Å². The summed E-state index contributed by atoms with van der Waals surface area (Å²) in [5.74, 6) is -1.05. The van der Waals surface area contributed by atoms with Crippen molar-refractivity contribution in [2.45, 2.75) is 32.9 Å². The summed E-state index contributed by atoms with van der Waals surface area (Å²) in [7, 11) is 0. The maximum Gasteiger partial charge on any atom is 0.290 e. The third-order valence-corrected chi connectivity index (χ3v) is 5.92. The summed E-state index contributed by atoms with van der Waals surface area (Å²) in [6, 6.07) is 2.63. The molecule has 9 heteroatoms. The highest BCUT2D eigenvalue weighted by atomic mass is 32.1. The maximum atomic E-state index is 13.3. The Balaban J connectivity index is 1.65. The van der Waals surface area contributed by atoms with Crippen molar-refractivity contribution in [2.24, 2.45) is 0 Å². The summed E-state index contributed by atoms with van der Waals surface area (Å²) in [6.45, 7) is 4.57. The number of imidazole rings is 1. The van der Waals surface area contributed by atoms with Crippen LogP contribution in [0.4, 0.5) is 0 Å². The molecular formula is C20H20N4O4S. The molecule has 1 aliphatic heterocycles. The highest BCUT2D eigenvalue weighted by Crippen LogP contribution is 2.40. The van der Waals surface area contributed by atoms with Crippen LogP contribution in [0.3, 0.4) is 0 Å². The standard InChI is InChI=1S/C20H20N4O4S/c1-12-19(29-13(2)22-12)17(25)15-16(14-5-3-10-28-14)24(20(27)18(15)26)8-4-7-23-9-6-21-11-23/h3,5-6,9-11,16,26H,4,7-8H2,1-2H3/t16-/m1/s1. The molecule has 0 fully saturated rings. The molecule has 4 heterocycles. The van der Waals surface area contributed by atoms with Gasteiger partial charge in [0.25, 0.3) is 5.91 Å². The molecule has 150 valence electrons. The minimum atomic E-state index is -0.769. The Morgan fingerprint density at radius 2 is 2.17 bits per heavy atom. The van der Waals surface area contributed by atoms with Gasteiger partial charge in [-0.1, -0.05) is 0 Å². The van der Waals surface area contributed by atoms with Crippen LogP contribution in [-0.4, -0.2) is 42.8 Å². The first-order valence-corrected chi connectivity index (χ1v) is 10.0. The number of carbonyl (C=O) groups excluding carboxylic acids is 2. The van der Waals surface area contributed by atoms with Crippen molar-refractivity contribution in [1.29, 1.82) is 0 Å². The van der Waals surface area contributed by atoms with Gasteiger partial charge >= 0.3 is 0 Å². The van der Waals surface area contributed by atoms with Crippen molar-refractivity contribution < 1.29 is 19.1 Å². The van der Waals surface area contributed by atoms with Crippen LogP contribution in [0.15, 0.2) is 52.9 Å². The van der Waals surface area contributed by atoms with E-state index in [0.717, 1.165) is 5.01 Å². The average molecular weight is 412 g/mol. The number of furan rings is 1. The molecule has 3 aromatic rings. The minimum absolute atomic E-state index is 0.0410. The normalized spacial score (nSPS) is 16.8. The number of rotatable bonds is 7. The highest BCUT2D eigenvalue weighted by Gasteiger charge is 2.45. The Kier molecular flexibility index (Phi) is 5.06. The van der Waals surface area contributed by atoms with E-state index in [4.69, 9.17) is 4.42 Å². The number of amides is 1. The van der Waals surface area contributed by atoms with Crippen molar-refractivity contribution in [3.05, 3.63) is 69.8 Å². The van der Waals surface area contributed by atoms with E-state index in [-0.39, 0.29) is 5.57 Å². The Bertz CT molecular complexity index is 1070. The number of hydrogen-bond acceptors (Lipinski definition) is 7. The molecule has 1 amide bonds. The van der Waals surface area contributed by atoms with Crippen LogP contribution in [0.25, 0.3) is 0 Å². The van der Waals surface area contributed by atoms with E-state index >= 15 is 0 Å². The number of nitrogens with zero attached hydrogens (tertiary/aromatic N) is 4. The fourth-order valence-corrected chi connectivity index (χ4v) is 4.44. The van der Waals surface area contributed by atoms with Gasteiger partial charge in [0.05, 0.1) is 33.7 Å². The molecule has 0 aliphatic carbocycles. The number of hydrogen-bond donors (Lipinski definition) is 1. The number of aliphatic hydroxyl groups is 1. The molecule has 0 saturated heterocycles. The average Bonchev–Trinajstić information content (AvgIpc) is 3.47. The lowest BCUT2D eigenvalue weighted by Gasteiger charge is -2.24. The van der Waals surface area contributed by atoms with E-state index in [0.29, 0.717) is 35.8 Å². The predicted octanol–water partition coefficient (Wildman–Crippen LogP) is 3.22. The van der Waals surface area contributed by atoms with Crippen LogP contribution in [-0.2, 0) is 11.3 Å². The minimum Gasteiger partial charge on any atom is -0.503 e. The van der Waals surface area contributed by atoms with Crippen molar-refractivity contribution in [1.82, 2.24) is 19.4 Å². The third kappa shape index (κ3) is 3.49. The zero-order chi connectivity index (χ0) is 20.5. The molecule has 29 heavy (non-hydrogen) atoms. The molecule has 1 atom stereocenters. The van der Waals surface area contributed by atoms with Gasteiger partial charge in [-0.15, -0.1) is 11.3 Å². The smallest absolute Gasteiger partial charge is 0.290 e. The first-order chi connectivity index (χ1) is 14.0. The summed E-state index contributed by atoms with van der Waals surface area (Å²) in [6.07, 6.45) is 7.36. The lowest BCUT2D eigenvalue weighted by molar-refractivity contribution is -0.129. The lowest BCUT2D eigenvalue weighted by Crippen LogP contribution is -2.32. The van der Waals surface area contributed by atoms with Gasteiger partial charge in [0.2, 0.25) is 5.78 Å². The van der Waals surface area contributed by atoms with Gasteiger partial charge in [0.15, 0.2) is 5.76 Å². The fourth-order valence-electron chi connectivity index (χ4n) is 3.57. The van der Waals surface area contributed by atoms with E-state index in [9.17, 15) is 14.7 Å². The first kappa shape index (κ1) is 19.1. The molecule has 1 aliphatic rings.